The van der Waals surface area contributed by atoms with Gasteiger partial charge in [0.1, 0.15) is 29.3 Å². The Hall–Kier alpha value is -2.03. The van der Waals surface area contributed by atoms with E-state index in [1.165, 1.54) is 12.1 Å². The van der Waals surface area contributed by atoms with E-state index in [-0.39, 0.29) is 29.2 Å². The van der Waals surface area contributed by atoms with E-state index in [2.05, 4.69) is 0 Å². The monoisotopic (exact) mass is 368 g/mol. The van der Waals surface area contributed by atoms with Crippen LogP contribution in [0.2, 0.25) is 0 Å². The molecule has 0 fully saturated rings. The first-order valence-corrected chi connectivity index (χ1v) is 8.85. The normalized spacial score (nSPS) is 27.1. The van der Waals surface area contributed by atoms with Crippen molar-refractivity contribution in [2.45, 2.75) is 37.4 Å². The summed E-state index contributed by atoms with van der Waals surface area (Å²) in [5.74, 6) is -1.78. The van der Waals surface area contributed by atoms with Crippen LogP contribution in [0, 0.1) is 0 Å². The van der Waals surface area contributed by atoms with Gasteiger partial charge in [0, 0.05) is 24.0 Å². The number of aromatic hydroxyl groups is 2. The van der Waals surface area contributed by atoms with E-state index in [4.69, 9.17) is 4.74 Å². The van der Waals surface area contributed by atoms with Crippen molar-refractivity contribution < 1.29 is 34.8 Å². The molecule has 1 heterocycles. The Labute approximate surface area is 148 Å². The van der Waals surface area contributed by atoms with Gasteiger partial charge in [0.05, 0.1) is 6.10 Å². The fourth-order valence-electron chi connectivity index (χ4n) is 2.35. The maximum absolute atomic E-state index is 12.3. The van der Waals surface area contributed by atoms with Gasteiger partial charge in [0.25, 0.3) is 0 Å². The van der Waals surface area contributed by atoms with Crippen molar-refractivity contribution in [3.8, 4) is 11.5 Å². The van der Waals surface area contributed by atoms with Crippen LogP contribution in [-0.4, -0.2) is 56.2 Å². The summed E-state index contributed by atoms with van der Waals surface area (Å²) in [5, 5.41) is 39.4. The molecule has 0 radical (unpaired) electrons. The van der Waals surface area contributed by atoms with Gasteiger partial charge in [-0.1, -0.05) is 6.08 Å². The number of cyclic esters (lactones) is 1. The summed E-state index contributed by atoms with van der Waals surface area (Å²) in [4.78, 5) is 24.1. The Bertz CT molecular complexity index is 686. The van der Waals surface area contributed by atoms with E-state index in [1.807, 2.05) is 0 Å². The molecule has 4 N–H and O–H groups in total. The van der Waals surface area contributed by atoms with Crippen LogP contribution in [0.5, 0.6) is 11.5 Å². The molecule has 0 saturated heterocycles. The van der Waals surface area contributed by atoms with E-state index >= 15 is 0 Å². The number of thioether (sulfide) groups is 1. The number of ether oxygens (including phenoxy) is 1. The second kappa shape index (κ2) is 8.37. The van der Waals surface area contributed by atoms with Crippen molar-refractivity contribution in [3.05, 3.63) is 35.4 Å². The highest BCUT2D eigenvalue weighted by Crippen LogP contribution is 2.31. The van der Waals surface area contributed by atoms with Gasteiger partial charge in [-0.25, -0.2) is 4.79 Å². The third-order valence-corrected chi connectivity index (χ3v) is 4.74. The number of rotatable bonds is 0. The summed E-state index contributed by atoms with van der Waals surface area (Å²) >= 11 is 1.14. The van der Waals surface area contributed by atoms with Crippen LogP contribution in [0.1, 0.15) is 29.3 Å². The van der Waals surface area contributed by atoms with Crippen LogP contribution in [0.4, 0.5) is 0 Å². The molecule has 8 heteroatoms. The van der Waals surface area contributed by atoms with Gasteiger partial charge in [0.2, 0.25) is 0 Å². The van der Waals surface area contributed by atoms with E-state index < -0.39 is 35.8 Å². The zero-order chi connectivity index (χ0) is 18.6. The number of fused-ring (bicyclic) bond motifs is 1. The van der Waals surface area contributed by atoms with Gasteiger partial charge in [-0.2, -0.15) is 11.8 Å². The number of hydrogen-bond donors (Lipinski definition) is 4. The molecule has 1 aliphatic heterocycles. The van der Waals surface area contributed by atoms with Crippen molar-refractivity contribution in [1.29, 1.82) is 0 Å². The maximum Gasteiger partial charge on any atom is 0.342 e. The fraction of sp³-hybridized carbons (Fsp3) is 0.412. The lowest BCUT2D eigenvalue weighted by atomic mass is 10.1. The largest absolute Gasteiger partial charge is 0.508 e. The molecule has 2 rings (SSSR count). The van der Waals surface area contributed by atoms with Crippen molar-refractivity contribution in [2.75, 3.05) is 5.75 Å². The summed E-state index contributed by atoms with van der Waals surface area (Å²) < 4.78 is 5.26. The van der Waals surface area contributed by atoms with Crippen molar-refractivity contribution in [3.63, 3.8) is 0 Å². The molecule has 25 heavy (non-hydrogen) atoms. The lowest BCUT2D eigenvalue weighted by molar-refractivity contribution is -0.126. The van der Waals surface area contributed by atoms with Crippen molar-refractivity contribution >= 4 is 23.5 Å². The highest BCUT2D eigenvalue weighted by Gasteiger charge is 2.25. The molecule has 7 nitrogen and oxygen atoms in total. The topological polar surface area (TPSA) is 124 Å². The second-order valence-corrected chi connectivity index (χ2v) is 6.81. The Kier molecular flexibility index (Phi) is 6.46. The minimum atomic E-state index is -1.54. The van der Waals surface area contributed by atoms with E-state index in [0.29, 0.717) is 5.56 Å². The van der Waals surface area contributed by atoms with Crippen LogP contribution >= 0.6 is 11.8 Å². The Morgan fingerprint density at radius 2 is 1.92 bits per heavy atom. The number of aliphatic hydroxyl groups excluding tert-OH is 2. The van der Waals surface area contributed by atoms with Crippen LogP contribution in [-0.2, 0) is 15.3 Å². The molecule has 1 aliphatic rings. The number of hydrogen-bond acceptors (Lipinski definition) is 8. The number of phenolic OH excluding ortho intramolecular Hbond substituents is 2. The number of esters is 1. The molecular formula is C17H20O7S. The summed E-state index contributed by atoms with van der Waals surface area (Å²) in [6.45, 7) is 1.62. The predicted octanol–water partition coefficient (Wildman–Crippen LogP) is 1.13. The number of aliphatic hydroxyl groups is 2. The third-order valence-electron chi connectivity index (χ3n) is 3.65. The summed E-state index contributed by atoms with van der Waals surface area (Å²) in [7, 11) is 0. The minimum Gasteiger partial charge on any atom is -0.508 e. The molecule has 136 valence electrons. The van der Waals surface area contributed by atoms with E-state index in [9.17, 15) is 30.0 Å². The average molecular weight is 368 g/mol. The summed E-state index contributed by atoms with van der Waals surface area (Å²) in [6, 6.07) is 2.38. The molecule has 0 amide bonds. The molecule has 1 aromatic carbocycles. The number of carbonyl (C=O) groups is 2. The highest BCUT2D eigenvalue weighted by atomic mass is 32.2. The first-order valence-electron chi connectivity index (χ1n) is 7.69. The Balaban J connectivity index is 2.34. The molecule has 0 spiro atoms. The lowest BCUT2D eigenvalue weighted by Crippen LogP contribution is -2.34. The molecule has 0 aromatic heterocycles. The minimum absolute atomic E-state index is 0.0298. The second-order valence-electron chi connectivity index (χ2n) is 5.78. The van der Waals surface area contributed by atoms with Gasteiger partial charge >= 0.3 is 5.97 Å². The zero-order valence-corrected chi connectivity index (χ0v) is 14.4. The van der Waals surface area contributed by atoms with Gasteiger partial charge in [0.15, 0.2) is 5.78 Å². The summed E-state index contributed by atoms with van der Waals surface area (Å²) in [6.07, 6.45) is -0.561. The first-order chi connectivity index (χ1) is 11.8. The number of phenols is 2. The van der Waals surface area contributed by atoms with Gasteiger partial charge in [-0.3, -0.25) is 4.79 Å². The molecule has 0 bridgehead atoms. The van der Waals surface area contributed by atoms with Gasteiger partial charge in [-0.15, -0.1) is 0 Å². The van der Waals surface area contributed by atoms with Crippen LogP contribution < -0.4 is 0 Å². The Morgan fingerprint density at radius 1 is 1.20 bits per heavy atom. The van der Waals surface area contributed by atoms with Crippen molar-refractivity contribution in [1.82, 2.24) is 0 Å². The number of carbonyl (C=O) groups excluding carboxylic acids is 2. The summed E-state index contributed by atoms with van der Waals surface area (Å²) in [5.41, 5.74) is 0.282. The molecular weight excluding hydrogens is 348 g/mol. The third kappa shape index (κ3) is 4.97. The van der Waals surface area contributed by atoms with Crippen LogP contribution in [0.25, 0.3) is 0 Å². The van der Waals surface area contributed by atoms with Gasteiger partial charge in [-0.05, 0) is 24.6 Å². The number of ketones is 1. The molecule has 0 unspecified atom stereocenters. The zero-order valence-electron chi connectivity index (χ0n) is 13.6. The molecule has 0 aliphatic carbocycles. The molecule has 0 saturated carbocycles. The van der Waals surface area contributed by atoms with Crippen LogP contribution in [0.3, 0.4) is 0 Å². The fourth-order valence-corrected chi connectivity index (χ4v) is 3.34. The first kappa shape index (κ1) is 19.3. The molecule has 1 aromatic rings. The highest BCUT2D eigenvalue weighted by molar-refractivity contribution is 7.98. The Morgan fingerprint density at radius 3 is 2.64 bits per heavy atom. The standard InChI is InChI=1S/C17H20O7S/c1-9-3-2-4-12(19)16(22)14(21)8-25-7-10-5-11(18)6-13(20)15(10)17(23)24-9/h2,4-6,9,14,16,18,20-22H,3,7-8H2,1H3/b4-2-/t9-,14-,16+/m0/s1. The molecule has 3 atom stereocenters. The quantitative estimate of drug-likeness (QED) is 0.502. The lowest BCUT2D eigenvalue weighted by Gasteiger charge is -2.18. The van der Waals surface area contributed by atoms with Crippen LogP contribution in [0.15, 0.2) is 24.3 Å². The van der Waals surface area contributed by atoms with E-state index in [0.717, 1.165) is 23.9 Å². The SMILES string of the molecule is C[C@H]1C/C=C\C(=O)[C@@H](O)[C@@H](O)CSCc2cc(O)cc(O)c2C(=O)O1. The van der Waals surface area contributed by atoms with Crippen molar-refractivity contribution in [2.24, 2.45) is 0 Å². The average Bonchev–Trinajstić information content (AvgIpc) is 2.52. The maximum atomic E-state index is 12.3. The predicted molar refractivity (Wildman–Crippen MR) is 91.6 cm³/mol. The van der Waals surface area contributed by atoms with Gasteiger partial charge < -0.3 is 25.2 Å². The number of benzene rings is 1. The van der Waals surface area contributed by atoms with E-state index in [1.54, 1.807) is 6.92 Å². The smallest absolute Gasteiger partial charge is 0.342 e.